The van der Waals surface area contributed by atoms with E-state index < -0.39 is 0 Å². The molecule has 1 fully saturated rings. The van der Waals surface area contributed by atoms with Gasteiger partial charge in [-0.25, -0.2) is 9.97 Å². The van der Waals surface area contributed by atoms with Crippen LogP contribution < -0.4 is 15.0 Å². The standard InChI is InChI=1S/C24H27N5O2/c1-19(28-14-16-29(17-15-28)24-25-12-5-13-26-24)23(30)27-21-8-10-22(11-9-21)31-18-20-6-3-2-4-7-20/h2-13,19H,14-18H2,1H3,(H,27,30)/t19-/m0/s1. The van der Waals surface area contributed by atoms with Crippen LogP contribution in [0.4, 0.5) is 11.6 Å². The molecule has 4 rings (SSSR count). The molecule has 1 N–H and O–H groups in total. The topological polar surface area (TPSA) is 70.6 Å². The Bertz CT molecular complexity index is 958. The van der Waals surface area contributed by atoms with Crippen LogP contribution in [0.2, 0.25) is 0 Å². The van der Waals surface area contributed by atoms with Crippen LogP contribution in [-0.2, 0) is 11.4 Å². The van der Waals surface area contributed by atoms with Gasteiger partial charge in [-0.1, -0.05) is 30.3 Å². The summed E-state index contributed by atoms with van der Waals surface area (Å²) in [5, 5.41) is 3.01. The Hall–Kier alpha value is -3.45. The van der Waals surface area contributed by atoms with Gasteiger partial charge in [0.25, 0.3) is 0 Å². The maximum Gasteiger partial charge on any atom is 0.241 e. The molecule has 7 nitrogen and oxygen atoms in total. The number of benzene rings is 2. The largest absolute Gasteiger partial charge is 0.489 e. The number of rotatable bonds is 7. The lowest BCUT2D eigenvalue weighted by atomic mass is 10.2. The van der Waals surface area contributed by atoms with Crippen molar-refractivity contribution in [3.63, 3.8) is 0 Å². The summed E-state index contributed by atoms with van der Waals surface area (Å²) in [7, 11) is 0. The zero-order valence-electron chi connectivity index (χ0n) is 17.6. The van der Waals surface area contributed by atoms with Crippen molar-refractivity contribution in [1.29, 1.82) is 0 Å². The average Bonchev–Trinajstić information content (AvgIpc) is 2.84. The van der Waals surface area contributed by atoms with Crippen molar-refractivity contribution in [3.05, 3.63) is 78.6 Å². The van der Waals surface area contributed by atoms with Crippen LogP contribution in [0.1, 0.15) is 12.5 Å². The second-order valence-corrected chi connectivity index (χ2v) is 7.54. The first-order chi connectivity index (χ1) is 15.2. The predicted octanol–water partition coefficient (Wildman–Crippen LogP) is 3.20. The molecule has 1 aliphatic heterocycles. The SMILES string of the molecule is C[C@@H](C(=O)Nc1ccc(OCc2ccccc2)cc1)N1CCN(c2ncccn2)CC1. The Kier molecular flexibility index (Phi) is 6.74. The molecule has 3 aromatic rings. The van der Waals surface area contributed by atoms with Gasteiger partial charge < -0.3 is 15.0 Å². The van der Waals surface area contributed by atoms with Crippen LogP contribution in [0.5, 0.6) is 5.75 Å². The molecule has 0 spiro atoms. The molecule has 0 unspecified atom stereocenters. The van der Waals surface area contributed by atoms with Crippen molar-refractivity contribution in [2.24, 2.45) is 0 Å². The predicted molar refractivity (Wildman–Crippen MR) is 121 cm³/mol. The molecule has 31 heavy (non-hydrogen) atoms. The molecular formula is C24H27N5O2. The van der Waals surface area contributed by atoms with Crippen LogP contribution in [0.25, 0.3) is 0 Å². The highest BCUT2D eigenvalue weighted by Crippen LogP contribution is 2.18. The zero-order chi connectivity index (χ0) is 21.5. The van der Waals surface area contributed by atoms with Crippen molar-refractivity contribution >= 4 is 17.5 Å². The summed E-state index contributed by atoms with van der Waals surface area (Å²) >= 11 is 0. The van der Waals surface area contributed by atoms with E-state index in [-0.39, 0.29) is 11.9 Å². The van der Waals surface area contributed by atoms with E-state index in [0.29, 0.717) is 6.61 Å². The minimum absolute atomic E-state index is 0.0117. The molecule has 2 aromatic carbocycles. The first-order valence-corrected chi connectivity index (χ1v) is 10.5. The summed E-state index contributed by atoms with van der Waals surface area (Å²) in [6, 6.07) is 19.1. The maximum atomic E-state index is 12.7. The summed E-state index contributed by atoms with van der Waals surface area (Å²) in [4.78, 5) is 25.7. The van der Waals surface area contributed by atoms with E-state index in [1.165, 1.54) is 0 Å². The number of anilines is 2. The summed E-state index contributed by atoms with van der Waals surface area (Å²) in [6.07, 6.45) is 3.51. The number of ether oxygens (including phenoxy) is 1. The minimum atomic E-state index is -0.215. The Balaban J connectivity index is 1.25. The fourth-order valence-corrected chi connectivity index (χ4v) is 3.55. The van der Waals surface area contributed by atoms with Gasteiger partial charge in [0.15, 0.2) is 0 Å². The minimum Gasteiger partial charge on any atom is -0.489 e. The Morgan fingerprint density at radius 1 is 0.968 bits per heavy atom. The first-order valence-electron chi connectivity index (χ1n) is 10.5. The van der Waals surface area contributed by atoms with Crippen LogP contribution in [0.3, 0.4) is 0 Å². The second-order valence-electron chi connectivity index (χ2n) is 7.54. The van der Waals surface area contributed by atoms with Gasteiger partial charge >= 0.3 is 0 Å². The number of piperazine rings is 1. The summed E-state index contributed by atoms with van der Waals surface area (Å²) in [5.41, 5.74) is 1.88. The van der Waals surface area contributed by atoms with Gasteiger partial charge in [0, 0.05) is 44.3 Å². The highest BCUT2D eigenvalue weighted by molar-refractivity contribution is 5.94. The van der Waals surface area contributed by atoms with E-state index in [9.17, 15) is 4.79 Å². The third-order valence-electron chi connectivity index (χ3n) is 5.45. The first kappa shape index (κ1) is 20.8. The molecule has 7 heteroatoms. The molecule has 2 heterocycles. The van der Waals surface area contributed by atoms with E-state index in [4.69, 9.17) is 4.74 Å². The molecule has 0 saturated carbocycles. The molecule has 160 valence electrons. The van der Waals surface area contributed by atoms with Gasteiger partial charge in [-0.15, -0.1) is 0 Å². The summed E-state index contributed by atoms with van der Waals surface area (Å²) in [5.74, 6) is 1.50. The molecule has 0 bridgehead atoms. The van der Waals surface area contributed by atoms with Crippen molar-refractivity contribution in [3.8, 4) is 5.75 Å². The average molecular weight is 418 g/mol. The molecule has 1 atom stereocenters. The molecular weight excluding hydrogens is 390 g/mol. The van der Waals surface area contributed by atoms with E-state index in [1.807, 2.05) is 67.6 Å². The van der Waals surface area contributed by atoms with Gasteiger partial charge in [-0.3, -0.25) is 9.69 Å². The van der Waals surface area contributed by atoms with E-state index in [0.717, 1.165) is 49.1 Å². The third-order valence-corrected chi connectivity index (χ3v) is 5.45. The van der Waals surface area contributed by atoms with Crippen LogP contribution >= 0.6 is 0 Å². The lowest BCUT2D eigenvalue weighted by molar-refractivity contribution is -0.120. The zero-order valence-corrected chi connectivity index (χ0v) is 17.6. The number of carbonyl (C=O) groups excluding carboxylic acids is 1. The number of hydrogen-bond acceptors (Lipinski definition) is 6. The van der Waals surface area contributed by atoms with Gasteiger partial charge in [-0.2, -0.15) is 0 Å². The molecule has 1 aliphatic rings. The molecule has 0 aliphatic carbocycles. The Labute approximate surface area is 182 Å². The monoisotopic (exact) mass is 417 g/mol. The van der Waals surface area contributed by atoms with Crippen molar-refractivity contribution in [1.82, 2.24) is 14.9 Å². The van der Waals surface area contributed by atoms with Crippen LogP contribution in [0.15, 0.2) is 73.1 Å². The normalized spacial score (nSPS) is 15.3. The number of carbonyl (C=O) groups is 1. The van der Waals surface area contributed by atoms with E-state index in [2.05, 4.69) is 25.1 Å². The third kappa shape index (κ3) is 5.58. The quantitative estimate of drug-likeness (QED) is 0.637. The number of hydrogen-bond donors (Lipinski definition) is 1. The highest BCUT2D eigenvalue weighted by atomic mass is 16.5. The number of amides is 1. The van der Waals surface area contributed by atoms with Gasteiger partial charge in [0.2, 0.25) is 11.9 Å². The fraction of sp³-hybridized carbons (Fsp3) is 0.292. The van der Waals surface area contributed by atoms with Crippen molar-refractivity contribution in [2.45, 2.75) is 19.6 Å². The number of nitrogens with zero attached hydrogens (tertiary/aromatic N) is 4. The molecule has 1 aromatic heterocycles. The molecule has 1 amide bonds. The van der Waals surface area contributed by atoms with Crippen LogP contribution in [-0.4, -0.2) is 53.0 Å². The smallest absolute Gasteiger partial charge is 0.241 e. The Morgan fingerprint density at radius 2 is 1.65 bits per heavy atom. The lowest BCUT2D eigenvalue weighted by Gasteiger charge is -2.37. The molecule has 1 saturated heterocycles. The van der Waals surface area contributed by atoms with Crippen LogP contribution in [0, 0.1) is 0 Å². The fourth-order valence-electron chi connectivity index (χ4n) is 3.55. The van der Waals surface area contributed by atoms with Gasteiger partial charge in [-0.05, 0) is 42.8 Å². The maximum absolute atomic E-state index is 12.7. The van der Waals surface area contributed by atoms with E-state index in [1.54, 1.807) is 12.4 Å². The van der Waals surface area contributed by atoms with Gasteiger partial charge in [0.05, 0.1) is 6.04 Å². The number of aromatic nitrogens is 2. The summed E-state index contributed by atoms with van der Waals surface area (Å²) in [6.45, 7) is 5.65. The lowest BCUT2D eigenvalue weighted by Crippen LogP contribution is -2.53. The second kappa shape index (κ2) is 10.0. The van der Waals surface area contributed by atoms with Crippen molar-refractivity contribution < 1.29 is 9.53 Å². The number of nitrogens with one attached hydrogen (secondary N) is 1. The Morgan fingerprint density at radius 3 is 2.32 bits per heavy atom. The summed E-state index contributed by atoms with van der Waals surface area (Å²) < 4.78 is 5.81. The highest BCUT2D eigenvalue weighted by Gasteiger charge is 2.26. The van der Waals surface area contributed by atoms with Gasteiger partial charge in [0.1, 0.15) is 12.4 Å². The molecule has 0 radical (unpaired) electrons. The van der Waals surface area contributed by atoms with Crippen molar-refractivity contribution in [2.75, 3.05) is 36.4 Å². The van der Waals surface area contributed by atoms with E-state index >= 15 is 0 Å².